The quantitative estimate of drug-likeness (QED) is 0.171. The van der Waals surface area contributed by atoms with Crippen molar-refractivity contribution in [3.05, 3.63) is 102 Å². The van der Waals surface area contributed by atoms with Crippen LogP contribution in [0.5, 0.6) is 5.75 Å². The summed E-state index contributed by atoms with van der Waals surface area (Å²) < 4.78 is 0. The minimum Gasteiger partial charge on any atom is -0.508 e. The van der Waals surface area contributed by atoms with Gasteiger partial charge in [-0.25, -0.2) is 4.79 Å². The molecule has 10 nitrogen and oxygen atoms in total. The van der Waals surface area contributed by atoms with Gasteiger partial charge >= 0.3 is 5.97 Å². The maximum absolute atomic E-state index is 13.7. The van der Waals surface area contributed by atoms with Crippen LogP contribution in [0.25, 0.3) is 0 Å². The van der Waals surface area contributed by atoms with Gasteiger partial charge in [-0.3, -0.25) is 14.4 Å². The molecule has 0 saturated carbocycles. The molecule has 7 N–H and O–H groups in total. The molecule has 0 aliphatic rings. The van der Waals surface area contributed by atoms with Gasteiger partial charge in [-0.1, -0.05) is 86.6 Å². The van der Waals surface area contributed by atoms with Crippen molar-refractivity contribution in [3.8, 4) is 5.75 Å². The smallest absolute Gasteiger partial charge is 0.326 e. The molecule has 0 aromatic heterocycles. The lowest BCUT2D eigenvalue weighted by Gasteiger charge is -2.26. The van der Waals surface area contributed by atoms with E-state index in [-0.39, 0.29) is 30.9 Å². The summed E-state index contributed by atoms with van der Waals surface area (Å²) in [6.07, 6.45) is 0.416. The van der Waals surface area contributed by atoms with Crippen LogP contribution < -0.4 is 21.7 Å². The van der Waals surface area contributed by atoms with Crippen LogP contribution in [0.15, 0.2) is 84.9 Å². The summed E-state index contributed by atoms with van der Waals surface area (Å²) in [6, 6.07) is 20.1. The minimum atomic E-state index is -1.18. The van der Waals surface area contributed by atoms with E-state index in [1.54, 1.807) is 50.2 Å². The van der Waals surface area contributed by atoms with Gasteiger partial charge in [0.05, 0.1) is 6.04 Å². The van der Waals surface area contributed by atoms with E-state index in [1.807, 2.05) is 36.4 Å². The van der Waals surface area contributed by atoms with E-state index in [0.717, 1.165) is 16.7 Å². The molecule has 0 heterocycles. The summed E-state index contributed by atoms with van der Waals surface area (Å²) >= 11 is 0. The monoisotopic (exact) mass is 574 g/mol. The fraction of sp³-hybridized carbons (Fsp3) is 0.312. The number of carboxylic acid groups (broad SMARTS) is 1. The second-order valence-electron chi connectivity index (χ2n) is 10.5. The number of rotatable bonds is 14. The number of amides is 3. The third kappa shape index (κ3) is 9.74. The Morgan fingerprint density at radius 1 is 0.643 bits per heavy atom. The molecule has 10 heteroatoms. The lowest BCUT2D eigenvalue weighted by Crippen LogP contribution is -2.58. The summed E-state index contributed by atoms with van der Waals surface area (Å²) in [6.45, 7) is 3.35. The fourth-order valence-corrected chi connectivity index (χ4v) is 4.42. The molecule has 42 heavy (non-hydrogen) atoms. The van der Waals surface area contributed by atoms with Gasteiger partial charge in [-0.05, 0) is 41.2 Å². The number of benzene rings is 3. The first-order valence-electron chi connectivity index (χ1n) is 13.8. The highest BCUT2D eigenvalue weighted by atomic mass is 16.4. The molecular weight excluding hydrogens is 536 g/mol. The Labute approximate surface area is 245 Å². The van der Waals surface area contributed by atoms with Crippen molar-refractivity contribution >= 4 is 23.7 Å². The fourth-order valence-electron chi connectivity index (χ4n) is 4.42. The van der Waals surface area contributed by atoms with Gasteiger partial charge in [-0.15, -0.1) is 0 Å². The number of nitrogens with one attached hydrogen (secondary N) is 3. The third-order valence-corrected chi connectivity index (χ3v) is 6.79. The Morgan fingerprint density at radius 3 is 1.52 bits per heavy atom. The summed E-state index contributed by atoms with van der Waals surface area (Å²) in [5.41, 5.74) is 8.44. The van der Waals surface area contributed by atoms with Crippen molar-refractivity contribution in [1.29, 1.82) is 0 Å². The van der Waals surface area contributed by atoms with Gasteiger partial charge in [-0.2, -0.15) is 0 Å². The highest BCUT2D eigenvalue weighted by molar-refractivity contribution is 5.94. The van der Waals surface area contributed by atoms with Gasteiger partial charge < -0.3 is 31.9 Å². The normalized spacial score (nSPS) is 13.8. The second-order valence-corrected chi connectivity index (χ2v) is 10.5. The van der Waals surface area contributed by atoms with Gasteiger partial charge in [0, 0.05) is 12.8 Å². The van der Waals surface area contributed by atoms with E-state index in [4.69, 9.17) is 5.73 Å². The lowest BCUT2D eigenvalue weighted by atomic mass is 10.00. The van der Waals surface area contributed by atoms with Gasteiger partial charge in [0.25, 0.3) is 0 Å². The zero-order valence-corrected chi connectivity index (χ0v) is 23.7. The largest absolute Gasteiger partial charge is 0.508 e. The van der Waals surface area contributed by atoms with E-state index in [1.165, 1.54) is 12.1 Å². The van der Waals surface area contributed by atoms with Crippen LogP contribution in [-0.2, 0) is 38.4 Å². The molecule has 3 aromatic carbocycles. The van der Waals surface area contributed by atoms with Gasteiger partial charge in [0.1, 0.15) is 23.9 Å². The van der Waals surface area contributed by atoms with Crippen LogP contribution in [0.3, 0.4) is 0 Å². The number of aliphatic carboxylic acids is 1. The van der Waals surface area contributed by atoms with Crippen LogP contribution in [0, 0.1) is 5.92 Å². The first kappa shape index (κ1) is 31.8. The molecule has 0 fully saturated rings. The predicted octanol–water partition coefficient (Wildman–Crippen LogP) is 1.94. The molecule has 0 radical (unpaired) electrons. The molecular formula is C32H38N4O6. The average molecular weight is 575 g/mol. The van der Waals surface area contributed by atoms with Crippen molar-refractivity contribution < 1.29 is 29.4 Å². The number of aromatic hydroxyl groups is 1. The van der Waals surface area contributed by atoms with E-state index in [2.05, 4.69) is 16.0 Å². The SMILES string of the molecule is CC(C)C(NC(=O)C(Cc1ccccc1)NC(=O)C(Cc1ccccc1)NC(=O)C(N)Cc1ccc(O)cc1)C(=O)O. The number of carboxylic acids is 1. The zero-order valence-electron chi connectivity index (χ0n) is 23.7. The molecule has 3 aromatic rings. The molecule has 0 saturated heterocycles. The second kappa shape index (κ2) is 15.3. The number of hydrogen-bond donors (Lipinski definition) is 6. The van der Waals surface area contributed by atoms with Crippen LogP contribution in [0.1, 0.15) is 30.5 Å². The number of nitrogens with two attached hydrogens (primary N) is 1. The van der Waals surface area contributed by atoms with Crippen LogP contribution >= 0.6 is 0 Å². The first-order valence-corrected chi connectivity index (χ1v) is 13.8. The summed E-state index contributed by atoms with van der Waals surface area (Å²) in [4.78, 5) is 51.9. The van der Waals surface area contributed by atoms with Crippen molar-refractivity contribution in [2.75, 3.05) is 0 Å². The van der Waals surface area contributed by atoms with Crippen molar-refractivity contribution in [2.45, 2.75) is 57.3 Å². The molecule has 222 valence electrons. The van der Waals surface area contributed by atoms with E-state index < -0.39 is 47.9 Å². The van der Waals surface area contributed by atoms with Crippen molar-refractivity contribution in [3.63, 3.8) is 0 Å². The maximum atomic E-state index is 13.7. The number of hydrogen-bond acceptors (Lipinski definition) is 6. The average Bonchev–Trinajstić information content (AvgIpc) is 2.96. The standard InChI is InChI=1S/C32H38N4O6/c1-20(2)28(32(41)42)36-31(40)27(19-22-11-7-4-8-12-22)35-30(39)26(18-21-9-5-3-6-10-21)34-29(38)25(33)17-23-13-15-24(37)16-14-23/h3-16,20,25-28,37H,17-19,33H2,1-2H3,(H,34,38)(H,35,39)(H,36,40)(H,41,42). The molecule has 3 rings (SSSR count). The summed E-state index contributed by atoms with van der Waals surface area (Å²) in [7, 11) is 0. The van der Waals surface area contributed by atoms with Crippen LogP contribution in [0.4, 0.5) is 0 Å². The Kier molecular flexibility index (Phi) is 11.6. The Bertz CT molecular complexity index is 1330. The van der Waals surface area contributed by atoms with Crippen LogP contribution in [-0.4, -0.2) is 58.1 Å². The molecule has 3 amide bonds. The van der Waals surface area contributed by atoms with Gasteiger partial charge in [0.15, 0.2) is 0 Å². The van der Waals surface area contributed by atoms with E-state index in [9.17, 15) is 29.4 Å². The molecule has 0 aliphatic heterocycles. The Morgan fingerprint density at radius 2 is 1.07 bits per heavy atom. The highest BCUT2D eigenvalue weighted by Gasteiger charge is 2.31. The van der Waals surface area contributed by atoms with Gasteiger partial charge in [0.2, 0.25) is 17.7 Å². The third-order valence-electron chi connectivity index (χ3n) is 6.79. The lowest BCUT2D eigenvalue weighted by molar-refractivity contribution is -0.143. The summed E-state index contributed by atoms with van der Waals surface area (Å²) in [5.74, 6) is -3.30. The number of phenolic OH excluding ortho intramolecular Hbond substituents is 1. The first-order chi connectivity index (χ1) is 20.0. The van der Waals surface area contributed by atoms with E-state index in [0.29, 0.717) is 0 Å². The minimum absolute atomic E-state index is 0.0912. The topological polar surface area (TPSA) is 171 Å². The molecule has 0 spiro atoms. The van der Waals surface area contributed by atoms with E-state index >= 15 is 0 Å². The Hall–Kier alpha value is -4.70. The molecule has 4 atom stereocenters. The molecule has 0 aliphatic carbocycles. The maximum Gasteiger partial charge on any atom is 0.326 e. The van der Waals surface area contributed by atoms with Crippen molar-refractivity contribution in [2.24, 2.45) is 11.7 Å². The number of carbonyl (C=O) groups excluding carboxylic acids is 3. The highest BCUT2D eigenvalue weighted by Crippen LogP contribution is 2.12. The number of carbonyl (C=O) groups is 4. The number of phenols is 1. The predicted molar refractivity (Wildman–Crippen MR) is 158 cm³/mol. The molecule has 4 unspecified atom stereocenters. The zero-order chi connectivity index (χ0) is 30.6. The molecule has 0 bridgehead atoms. The van der Waals surface area contributed by atoms with Crippen LogP contribution in [0.2, 0.25) is 0 Å². The summed E-state index contributed by atoms with van der Waals surface area (Å²) in [5, 5.41) is 27.1. The Balaban J connectivity index is 1.82. The van der Waals surface area contributed by atoms with Crippen molar-refractivity contribution in [1.82, 2.24) is 16.0 Å².